The molecule has 4 heteroatoms. The molecule has 0 unspecified atom stereocenters. The normalized spacial score (nSPS) is 11.5. The first-order valence-electron chi connectivity index (χ1n) is 8.09. The second-order valence-electron chi connectivity index (χ2n) is 6.59. The highest BCUT2D eigenvalue weighted by molar-refractivity contribution is 5.48. The zero-order valence-corrected chi connectivity index (χ0v) is 14.5. The van der Waals surface area contributed by atoms with Crippen LogP contribution < -0.4 is 10.1 Å². The van der Waals surface area contributed by atoms with Crippen LogP contribution in [0.15, 0.2) is 0 Å². The van der Waals surface area contributed by atoms with E-state index in [1.54, 1.807) is 0 Å². The Morgan fingerprint density at radius 3 is 2.29 bits per heavy atom. The van der Waals surface area contributed by atoms with Crippen LogP contribution in [0.2, 0.25) is 0 Å². The fraction of sp³-hybridized carbons (Fsp3) is 0.765. The Hall–Kier alpha value is -1.32. The molecule has 0 spiro atoms. The summed E-state index contributed by atoms with van der Waals surface area (Å²) in [7, 11) is 1.89. The van der Waals surface area contributed by atoms with Gasteiger partial charge in [-0.2, -0.15) is 4.98 Å². The molecule has 0 atom stereocenters. The van der Waals surface area contributed by atoms with Gasteiger partial charge in [0.05, 0.1) is 12.2 Å². The van der Waals surface area contributed by atoms with Crippen molar-refractivity contribution in [2.45, 2.75) is 72.1 Å². The highest BCUT2D eigenvalue weighted by Gasteiger charge is 2.21. The maximum Gasteiger partial charge on any atom is 0.221 e. The van der Waals surface area contributed by atoms with E-state index in [1.165, 1.54) is 25.7 Å². The van der Waals surface area contributed by atoms with Crippen molar-refractivity contribution in [3.8, 4) is 5.88 Å². The minimum atomic E-state index is -0.0848. The Morgan fingerprint density at radius 2 is 1.71 bits per heavy atom. The predicted molar refractivity (Wildman–Crippen MR) is 89.3 cm³/mol. The summed E-state index contributed by atoms with van der Waals surface area (Å²) in [5.41, 5.74) is 0.900. The summed E-state index contributed by atoms with van der Waals surface area (Å²) in [4.78, 5) is 9.20. The summed E-state index contributed by atoms with van der Waals surface area (Å²) in [5, 5.41) is 3.14. The van der Waals surface area contributed by atoms with Gasteiger partial charge in [0.25, 0.3) is 0 Å². The monoisotopic (exact) mass is 293 g/mol. The predicted octanol–water partition coefficient (Wildman–Crippen LogP) is 4.47. The van der Waals surface area contributed by atoms with Crippen molar-refractivity contribution in [1.29, 1.82) is 0 Å². The SMILES string of the molecule is CCCCCCCOc1nc(C(C)(C)C)nc(NC)c1C. The molecular formula is C17H31N3O. The largest absolute Gasteiger partial charge is 0.477 e. The van der Waals surface area contributed by atoms with Gasteiger partial charge in [-0.25, -0.2) is 4.98 Å². The van der Waals surface area contributed by atoms with Gasteiger partial charge < -0.3 is 10.1 Å². The summed E-state index contributed by atoms with van der Waals surface area (Å²) < 4.78 is 5.90. The van der Waals surface area contributed by atoms with E-state index in [9.17, 15) is 0 Å². The molecule has 1 aromatic rings. The maximum absolute atomic E-state index is 5.90. The lowest BCUT2D eigenvalue weighted by Crippen LogP contribution is -2.18. The van der Waals surface area contributed by atoms with Crippen LogP contribution >= 0.6 is 0 Å². The van der Waals surface area contributed by atoms with Gasteiger partial charge >= 0.3 is 0 Å². The number of nitrogens with one attached hydrogen (secondary N) is 1. The number of nitrogens with zero attached hydrogens (tertiary/aromatic N) is 2. The van der Waals surface area contributed by atoms with Crippen LogP contribution in [0.5, 0.6) is 5.88 Å². The smallest absolute Gasteiger partial charge is 0.221 e. The van der Waals surface area contributed by atoms with Gasteiger partial charge in [-0.1, -0.05) is 53.4 Å². The average molecular weight is 293 g/mol. The summed E-state index contributed by atoms with van der Waals surface area (Å²) >= 11 is 0. The number of unbranched alkanes of at least 4 members (excludes halogenated alkanes) is 4. The van der Waals surface area contributed by atoms with Crippen molar-refractivity contribution < 1.29 is 4.74 Å². The number of rotatable bonds is 8. The van der Waals surface area contributed by atoms with E-state index in [0.29, 0.717) is 0 Å². The molecule has 0 radical (unpaired) electrons. The highest BCUT2D eigenvalue weighted by atomic mass is 16.5. The fourth-order valence-electron chi connectivity index (χ4n) is 2.09. The number of ether oxygens (including phenoxy) is 1. The summed E-state index contributed by atoms with van der Waals surface area (Å²) in [6.45, 7) is 11.3. The van der Waals surface area contributed by atoms with E-state index >= 15 is 0 Å². The molecule has 0 fully saturated rings. The number of hydrogen-bond donors (Lipinski definition) is 1. The molecule has 120 valence electrons. The Morgan fingerprint density at radius 1 is 1.05 bits per heavy atom. The van der Waals surface area contributed by atoms with E-state index in [-0.39, 0.29) is 5.41 Å². The number of aromatic nitrogens is 2. The van der Waals surface area contributed by atoms with Gasteiger partial charge in [-0.15, -0.1) is 0 Å². The molecule has 21 heavy (non-hydrogen) atoms. The van der Waals surface area contributed by atoms with Gasteiger partial charge in [0.15, 0.2) is 0 Å². The van der Waals surface area contributed by atoms with Crippen LogP contribution in [-0.4, -0.2) is 23.6 Å². The molecule has 1 aromatic heterocycles. The molecular weight excluding hydrogens is 262 g/mol. The number of anilines is 1. The van der Waals surface area contributed by atoms with Gasteiger partial charge in [-0.05, 0) is 13.3 Å². The second kappa shape index (κ2) is 8.20. The maximum atomic E-state index is 5.90. The molecule has 0 saturated carbocycles. The molecule has 1 heterocycles. The second-order valence-corrected chi connectivity index (χ2v) is 6.59. The lowest BCUT2D eigenvalue weighted by atomic mass is 9.95. The Balaban J connectivity index is 2.72. The first kappa shape index (κ1) is 17.7. The van der Waals surface area contributed by atoms with Crippen LogP contribution in [0, 0.1) is 6.92 Å². The van der Waals surface area contributed by atoms with Crippen molar-refractivity contribution in [3.63, 3.8) is 0 Å². The molecule has 0 aliphatic heterocycles. The third-order valence-corrected chi connectivity index (χ3v) is 3.50. The number of hydrogen-bond acceptors (Lipinski definition) is 4. The van der Waals surface area contributed by atoms with Crippen molar-refractivity contribution in [2.24, 2.45) is 0 Å². The van der Waals surface area contributed by atoms with E-state index in [1.807, 2.05) is 14.0 Å². The lowest BCUT2D eigenvalue weighted by Gasteiger charge is -2.20. The molecule has 0 aliphatic carbocycles. The topological polar surface area (TPSA) is 47.0 Å². The van der Waals surface area contributed by atoms with E-state index in [0.717, 1.165) is 36.1 Å². The van der Waals surface area contributed by atoms with Crippen LogP contribution in [0.25, 0.3) is 0 Å². The zero-order chi connectivity index (χ0) is 15.9. The van der Waals surface area contributed by atoms with E-state index < -0.39 is 0 Å². The molecule has 0 aliphatic rings. The highest BCUT2D eigenvalue weighted by Crippen LogP contribution is 2.27. The lowest BCUT2D eigenvalue weighted by molar-refractivity contribution is 0.288. The van der Waals surface area contributed by atoms with E-state index in [4.69, 9.17) is 4.74 Å². The summed E-state index contributed by atoms with van der Waals surface area (Å²) in [6, 6.07) is 0. The molecule has 0 aromatic carbocycles. The van der Waals surface area contributed by atoms with Crippen LogP contribution in [0.4, 0.5) is 5.82 Å². The van der Waals surface area contributed by atoms with Crippen LogP contribution in [0.3, 0.4) is 0 Å². The molecule has 4 nitrogen and oxygen atoms in total. The average Bonchev–Trinajstić information content (AvgIpc) is 2.43. The van der Waals surface area contributed by atoms with Crippen molar-refractivity contribution in [1.82, 2.24) is 9.97 Å². The molecule has 0 amide bonds. The van der Waals surface area contributed by atoms with Gasteiger partial charge in [-0.3, -0.25) is 0 Å². The molecule has 0 bridgehead atoms. The standard InChI is InChI=1S/C17H31N3O/c1-7-8-9-10-11-12-21-15-13(2)14(18-6)19-16(20-15)17(3,4)5/h7-12H2,1-6H3,(H,18,19,20). The summed E-state index contributed by atoms with van der Waals surface area (Å²) in [6.07, 6.45) is 6.18. The minimum Gasteiger partial charge on any atom is -0.477 e. The third-order valence-electron chi connectivity index (χ3n) is 3.50. The van der Waals surface area contributed by atoms with Crippen LogP contribution in [-0.2, 0) is 5.41 Å². The Bertz CT molecular complexity index is 438. The van der Waals surface area contributed by atoms with Crippen molar-refractivity contribution in [2.75, 3.05) is 19.0 Å². The zero-order valence-electron chi connectivity index (χ0n) is 14.5. The van der Waals surface area contributed by atoms with Gasteiger partial charge in [0, 0.05) is 12.5 Å². The summed E-state index contributed by atoms with van der Waals surface area (Å²) in [5.74, 6) is 2.39. The fourth-order valence-corrected chi connectivity index (χ4v) is 2.09. The van der Waals surface area contributed by atoms with Crippen molar-refractivity contribution >= 4 is 5.82 Å². The van der Waals surface area contributed by atoms with Gasteiger partial charge in [0.2, 0.25) is 5.88 Å². The Kier molecular flexibility index (Phi) is 6.93. The van der Waals surface area contributed by atoms with Crippen LogP contribution in [0.1, 0.15) is 71.2 Å². The third kappa shape index (κ3) is 5.52. The van der Waals surface area contributed by atoms with Gasteiger partial charge in [0.1, 0.15) is 11.6 Å². The first-order valence-corrected chi connectivity index (χ1v) is 8.09. The molecule has 1 N–H and O–H groups in total. The first-order chi connectivity index (χ1) is 9.90. The Labute approximate surface area is 129 Å². The molecule has 0 saturated heterocycles. The molecule has 1 rings (SSSR count). The minimum absolute atomic E-state index is 0.0848. The van der Waals surface area contributed by atoms with E-state index in [2.05, 4.69) is 43.0 Å². The van der Waals surface area contributed by atoms with Crippen molar-refractivity contribution in [3.05, 3.63) is 11.4 Å². The quantitative estimate of drug-likeness (QED) is 0.718.